The molecule has 184 valence electrons. The number of sulfonamides is 2. The molecule has 0 saturated carbocycles. The number of benzene rings is 3. The Morgan fingerprint density at radius 3 is 2.37 bits per heavy atom. The van der Waals surface area contributed by atoms with Crippen LogP contribution in [0.15, 0.2) is 71.6 Å². The Kier molecular flexibility index (Phi) is 6.67. The summed E-state index contributed by atoms with van der Waals surface area (Å²) in [4.78, 5) is 12.9. The molecule has 0 radical (unpaired) electrons. The molecule has 0 saturated heterocycles. The van der Waals surface area contributed by atoms with Gasteiger partial charge in [-0.15, -0.1) is 0 Å². The molecule has 1 aliphatic rings. The van der Waals surface area contributed by atoms with E-state index in [2.05, 4.69) is 10.0 Å². The molecule has 0 aromatic heterocycles. The molecule has 0 bridgehead atoms. The quantitative estimate of drug-likeness (QED) is 0.497. The standard InChI is InChI=1S/C23H22ClN3O6S2/c1-15-4-3-5-18(12-15)26-35(31,32)19-9-7-17(8-10-19)25-23(28)22-14-27(34(2,29)30)20-13-16(24)6-11-21(20)33-22/h3-13,22,26H,14H2,1-2H3,(H,25,28)/t22-/m1/s1. The monoisotopic (exact) mass is 535 g/mol. The molecule has 1 heterocycles. The summed E-state index contributed by atoms with van der Waals surface area (Å²) in [6.45, 7) is 1.61. The molecule has 12 heteroatoms. The molecule has 0 spiro atoms. The molecule has 2 N–H and O–H groups in total. The molecular weight excluding hydrogens is 514 g/mol. The highest BCUT2D eigenvalue weighted by molar-refractivity contribution is 7.92. The van der Waals surface area contributed by atoms with Gasteiger partial charge in [0.15, 0.2) is 6.10 Å². The zero-order valence-electron chi connectivity index (χ0n) is 18.7. The van der Waals surface area contributed by atoms with Crippen LogP contribution in [0, 0.1) is 6.92 Å². The second-order valence-electron chi connectivity index (χ2n) is 8.00. The molecule has 9 nitrogen and oxygen atoms in total. The maximum absolute atomic E-state index is 12.9. The molecule has 0 fully saturated rings. The minimum absolute atomic E-state index is 0.0139. The van der Waals surface area contributed by atoms with Crippen molar-refractivity contribution in [1.82, 2.24) is 0 Å². The molecule has 1 aliphatic heterocycles. The number of rotatable bonds is 6. The van der Waals surface area contributed by atoms with Crippen molar-refractivity contribution >= 4 is 54.6 Å². The third kappa shape index (κ3) is 5.69. The fourth-order valence-corrected chi connectivity index (χ4v) is 5.66. The first-order valence-electron chi connectivity index (χ1n) is 10.4. The minimum atomic E-state index is -3.83. The van der Waals surface area contributed by atoms with E-state index >= 15 is 0 Å². The van der Waals surface area contributed by atoms with Crippen molar-refractivity contribution in [3.63, 3.8) is 0 Å². The number of nitrogens with one attached hydrogen (secondary N) is 2. The van der Waals surface area contributed by atoms with Crippen LogP contribution in [0.25, 0.3) is 0 Å². The highest BCUT2D eigenvalue weighted by atomic mass is 35.5. The fraction of sp³-hybridized carbons (Fsp3) is 0.174. The van der Waals surface area contributed by atoms with Gasteiger partial charge in [-0.1, -0.05) is 23.7 Å². The van der Waals surface area contributed by atoms with Crippen molar-refractivity contribution < 1.29 is 26.4 Å². The van der Waals surface area contributed by atoms with Crippen LogP contribution in [0.5, 0.6) is 5.75 Å². The van der Waals surface area contributed by atoms with Crippen molar-refractivity contribution in [3.8, 4) is 5.75 Å². The zero-order valence-corrected chi connectivity index (χ0v) is 21.1. The van der Waals surface area contributed by atoms with Crippen LogP contribution in [0.2, 0.25) is 5.02 Å². The molecular formula is C23H22ClN3O6S2. The number of ether oxygens (including phenoxy) is 1. The third-order valence-corrected chi connectivity index (χ3v) is 7.96. The molecule has 3 aromatic rings. The van der Waals surface area contributed by atoms with Gasteiger partial charge in [-0.05, 0) is 67.1 Å². The Morgan fingerprint density at radius 1 is 1.00 bits per heavy atom. The van der Waals surface area contributed by atoms with Gasteiger partial charge in [0, 0.05) is 16.4 Å². The van der Waals surface area contributed by atoms with E-state index in [1.165, 1.54) is 42.5 Å². The third-order valence-electron chi connectivity index (χ3n) is 5.19. The van der Waals surface area contributed by atoms with Crippen molar-refractivity contribution in [2.75, 3.05) is 27.1 Å². The molecule has 1 amide bonds. The number of nitrogens with zero attached hydrogens (tertiary/aromatic N) is 1. The fourth-order valence-electron chi connectivity index (χ4n) is 3.54. The second kappa shape index (κ2) is 9.40. The Labute approximate surface area is 208 Å². The predicted molar refractivity (Wildman–Crippen MR) is 135 cm³/mol. The molecule has 0 unspecified atom stereocenters. The van der Waals surface area contributed by atoms with Gasteiger partial charge < -0.3 is 10.1 Å². The van der Waals surface area contributed by atoms with Crippen LogP contribution in [0.1, 0.15) is 5.56 Å². The van der Waals surface area contributed by atoms with Crippen molar-refractivity contribution in [2.45, 2.75) is 17.9 Å². The van der Waals surface area contributed by atoms with Gasteiger partial charge >= 0.3 is 0 Å². The molecule has 4 rings (SSSR count). The maximum Gasteiger partial charge on any atom is 0.267 e. The van der Waals surface area contributed by atoms with Gasteiger partial charge in [-0.2, -0.15) is 0 Å². The second-order valence-corrected chi connectivity index (χ2v) is 12.0. The van der Waals surface area contributed by atoms with E-state index in [9.17, 15) is 21.6 Å². The summed E-state index contributed by atoms with van der Waals surface area (Å²) in [5.41, 5.74) is 1.92. The number of fused-ring (bicyclic) bond motifs is 1. The topological polar surface area (TPSA) is 122 Å². The SMILES string of the molecule is Cc1cccc(NS(=O)(=O)c2ccc(NC(=O)[C@H]3CN(S(C)(=O)=O)c4cc(Cl)ccc4O3)cc2)c1. The van der Waals surface area contributed by atoms with Crippen LogP contribution in [0.4, 0.5) is 17.1 Å². The van der Waals surface area contributed by atoms with Crippen molar-refractivity contribution in [2.24, 2.45) is 0 Å². The van der Waals surface area contributed by atoms with Crippen molar-refractivity contribution in [3.05, 3.63) is 77.3 Å². The van der Waals surface area contributed by atoms with Crippen molar-refractivity contribution in [1.29, 1.82) is 0 Å². The number of carbonyl (C=O) groups is 1. The summed E-state index contributed by atoms with van der Waals surface area (Å²) < 4.78 is 59.2. The summed E-state index contributed by atoms with van der Waals surface area (Å²) in [5.74, 6) is -0.386. The average molecular weight is 536 g/mol. The summed E-state index contributed by atoms with van der Waals surface area (Å²) in [7, 11) is -7.53. The van der Waals surface area contributed by atoms with Gasteiger partial charge in [-0.25, -0.2) is 16.8 Å². The van der Waals surface area contributed by atoms with Gasteiger partial charge in [0.1, 0.15) is 5.75 Å². The lowest BCUT2D eigenvalue weighted by Crippen LogP contribution is -2.48. The van der Waals surface area contributed by atoms with E-state index in [0.717, 1.165) is 16.1 Å². The lowest BCUT2D eigenvalue weighted by molar-refractivity contribution is -0.122. The van der Waals surface area contributed by atoms with Gasteiger partial charge in [0.2, 0.25) is 10.0 Å². The van der Waals surface area contributed by atoms with Gasteiger partial charge in [0.25, 0.3) is 15.9 Å². The smallest absolute Gasteiger partial charge is 0.267 e. The summed E-state index contributed by atoms with van der Waals surface area (Å²) in [6, 6.07) is 17.0. The van der Waals surface area contributed by atoms with Gasteiger partial charge in [0.05, 0.1) is 23.4 Å². The lowest BCUT2D eigenvalue weighted by Gasteiger charge is -2.34. The van der Waals surface area contributed by atoms with E-state index in [4.69, 9.17) is 16.3 Å². The van der Waals surface area contributed by atoms with Crippen LogP contribution < -0.4 is 19.1 Å². The normalized spacial score (nSPS) is 15.6. The number of amides is 1. The Balaban J connectivity index is 1.49. The number of aryl methyl sites for hydroxylation is 1. The van der Waals surface area contributed by atoms with Crippen LogP contribution in [-0.2, 0) is 24.8 Å². The highest BCUT2D eigenvalue weighted by Gasteiger charge is 2.35. The number of carbonyl (C=O) groups excluding carboxylic acids is 1. The van der Waals surface area contributed by atoms with Crippen LogP contribution in [0.3, 0.4) is 0 Å². The molecule has 3 aromatic carbocycles. The zero-order chi connectivity index (χ0) is 25.4. The number of hydrogen-bond donors (Lipinski definition) is 2. The predicted octanol–water partition coefficient (Wildman–Crippen LogP) is 3.61. The summed E-state index contributed by atoms with van der Waals surface area (Å²) in [6.07, 6.45) is -0.105. The van der Waals surface area contributed by atoms with Gasteiger partial charge in [-0.3, -0.25) is 13.8 Å². The summed E-state index contributed by atoms with van der Waals surface area (Å²) >= 11 is 5.99. The molecule has 35 heavy (non-hydrogen) atoms. The number of anilines is 3. The Hall–Kier alpha value is -3.28. The minimum Gasteiger partial charge on any atom is -0.476 e. The summed E-state index contributed by atoms with van der Waals surface area (Å²) in [5, 5.41) is 2.96. The number of hydrogen-bond acceptors (Lipinski definition) is 6. The lowest BCUT2D eigenvalue weighted by atomic mass is 10.2. The van der Waals surface area contributed by atoms with E-state index in [1.807, 2.05) is 13.0 Å². The molecule has 1 atom stereocenters. The first-order valence-corrected chi connectivity index (χ1v) is 14.1. The average Bonchev–Trinajstić information content (AvgIpc) is 2.77. The van der Waals surface area contributed by atoms with Crippen LogP contribution in [-0.4, -0.2) is 41.6 Å². The first-order chi connectivity index (χ1) is 16.4. The van der Waals surface area contributed by atoms with Crippen LogP contribution >= 0.6 is 11.6 Å². The Morgan fingerprint density at radius 2 is 1.71 bits per heavy atom. The first kappa shape index (κ1) is 24.8. The number of halogens is 1. The molecule has 0 aliphatic carbocycles. The Bertz CT molecular complexity index is 1490. The largest absolute Gasteiger partial charge is 0.476 e. The van der Waals surface area contributed by atoms with E-state index < -0.39 is 32.1 Å². The highest BCUT2D eigenvalue weighted by Crippen LogP contribution is 2.37. The van der Waals surface area contributed by atoms with E-state index in [0.29, 0.717) is 16.4 Å². The van der Waals surface area contributed by atoms with E-state index in [1.54, 1.807) is 18.2 Å². The maximum atomic E-state index is 12.9. The van der Waals surface area contributed by atoms with E-state index in [-0.39, 0.29) is 22.9 Å².